The third-order valence-corrected chi connectivity index (χ3v) is 2.37. The van der Waals surface area contributed by atoms with Crippen LogP contribution >= 0.6 is 0 Å². The van der Waals surface area contributed by atoms with Gasteiger partial charge in [0.15, 0.2) is 6.04 Å². The van der Waals surface area contributed by atoms with Crippen LogP contribution in [-0.4, -0.2) is 20.9 Å². The van der Waals surface area contributed by atoms with E-state index in [0.29, 0.717) is 6.42 Å². The first kappa shape index (κ1) is 12.4. The van der Waals surface area contributed by atoms with Gasteiger partial charge in [-0.2, -0.15) is 5.10 Å². The van der Waals surface area contributed by atoms with Crippen LogP contribution in [0.3, 0.4) is 0 Å². The molecule has 0 aliphatic heterocycles. The Balaban J connectivity index is 3.01. The van der Waals surface area contributed by atoms with Crippen molar-refractivity contribution in [3.05, 3.63) is 28.2 Å². The van der Waals surface area contributed by atoms with E-state index in [-0.39, 0.29) is 5.56 Å². The Morgan fingerprint density at radius 3 is 2.81 bits per heavy atom. The molecule has 5 nitrogen and oxygen atoms in total. The number of carboxylic acids is 1. The Labute approximate surface area is 93.7 Å². The predicted octanol–water partition coefficient (Wildman–Crippen LogP) is 1.37. The smallest absolute Gasteiger partial charge is 0.328 e. The van der Waals surface area contributed by atoms with E-state index in [1.807, 2.05) is 6.92 Å². The lowest BCUT2D eigenvalue weighted by atomic mass is 10.1. The Hall–Kier alpha value is -1.65. The summed E-state index contributed by atoms with van der Waals surface area (Å²) in [5, 5.41) is 12.9. The summed E-state index contributed by atoms with van der Waals surface area (Å²) in [6.07, 6.45) is 3.59. The molecule has 0 aliphatic carbocycles. The van der Waals surface area contributed by atoms with Crippen LogP contribution < -0.4 is 5.56 Å². The van der Waals surface area contributed by atoms with Gasteiger partial charge < -0.3 is 5.11 Å². The molecule has 1 rings (SSSR count). The number of hydrogen-bond acceptors (Lipinski definition) is 3. The molecule has 1 heterocycles. The van der Waals surface area contributed by atoms with Crippen molar-refractivity contribution in [1.82, 2.24) is 9.78 Å². The highest BCUT2D eigenvalue weighted by Crippen LogP contribution is 2.12. The van der Waals surface area contributed by atoms with Gasteiger partial charge in [-0.25, -0.2) is 9.48 Å². The van der Waals surface area contributed by atoms with E-state index in [1.165, 1.54) is 12.3 Å². The predicted molar refractivity (Wildman–Crippen MR) is 59.4 cm³/mol. The SMILES string of the molecule is CCCCC(C(=O)O)n1ncc(C)cc1=O. The van der Waals surface area contributed by atoms with Crippen LogP contribution in [0.2, 0.25) is 0 Å². The van der Waals surface area contributed by atoms with Crippen molar-refractivity contribution in [2.24, 2.45) is 0 Å². The van der Waals surface area contributed by atoms with Gasteiger partial charge in [0, 0.05) is 6.07 Å². The third-order valence-electron chi connectivity index (χ3n) is 2.37. The molecule has 0 spiro atoms. The molecule has 0 radical (unpaired) electrons. The summed E-state index contributed by atoms with van der Waals surface area (Å²) in [6, 6.07) is 0.544. The number of unbranched alkanes of at least 4 members (excludes halogenated alkanes) is 1. The Kier molecular flexibility index (Phi) is 4.22. The van der Waals surface area contributed by atoms with Crippen LogP contribution in [0.15, 0.2) is 17.1 Å². The summed E-state index contributed by atoms with van der Waals surface area (Å²) in [5.74, 6) is -1.01. The highest BCUT2D eigenvalue weighted by molar-refractivity contribution is 5.71. The largest absolute Gasteiger partial charge is 0.480 e. The fourth-order valence-electron chi connectivity index (χ4n) is 1.49. The average molecular weight is 224 g/mol. The molecule has 0 amide bonds. The van der Waals surface area contributed by atoms with Crippen LogP contribution in [0.5, 0.6) is 0 Å². The minimum Gasteiger partial charge on any atom is -0.480 e. The van der Waals surface area contributed by atoms with Crippen LogP contribution in [0.25, 0.3) is 0 Å². The Morgan fingerprint density at radius 1 is 1.62 bits per heavy atom. The quantitative estimate of drug-likeness (QED) is 0.819. The molecule has 1 unspecified atom stereocenters. The monoisotopic (exact) mass is 224 g/mol. The molecule has 5 heteroatoms. The lowest BCUT2D eigenvalue weighted by Gasteiger charge is -2.13. The van der Waals surface area contributed by atoms with Crippen molar-refractivity contribution in [3.63, 3.8) is 0 Å². The summed E-state index contributed by atoms with van der Waals surface area (Å²) >= 11 is 0. The molecular formula is C11H16N2O3. The molecular weight excluding hydrogens is 208 g/mol. The molecule has 0 aromatic carbocycles. The van der Waals surface area contributed by atoms with Crippen molar-refractivity contribution >= 4 is 5.97 Å². The number of aromatic nitrogens is 2. The number of aliphatic carboxylic acids is 1. The van der Waals surface area contributed by atoms with Crippen molar-refractivity contribution in [2.45, 2.75) is 39.2 Å². The first-order chi connectivity index (χ1) is 7.56. The Morgan fingerprint density at radius 2 is 2.31 bits per heavy atom. The molecule has 1 aromatic heterocycles. The molecule has 0 fully saturated rings. The number of rotatable bonds is 5. The van der Waals surface area contributed by atoms with E-state index < -0.39 is 12.0 Å². The zero-order valence-corrected chi connectivity index (χ0v) is 9.51. The molecule has 0 aliphatic rings. The number of nitrogens with zero attached hydrogens (tertiary/aromatic N) is 2. The molecule has 88 valence electrons. The summed E-state index contributed by atoms with van der Waals surface area (Å²) in [5.41, 5.74) is 0.379. The highest BCUT2D eigenvalue weighted by atomic mass is 16.4. The van der Waals surface area contributed by atoms with Crippen LogP contribution in [0, 0.1) is 6.92 Å². The van der Waals surface area contributed by atoms with E-state index >= 15 is 0 Å². The molecule has 1 N–H and O–H groups in total. The minimum absolute atomic E-state index is 0.358. The fourth-order valence-corrected chi connectivity index (χ4v) is 1.49. The van der Waals surface area contributed by atoms with Gasteiger partial charge >= 0.3 is 5.97 Å². The van der Waals surface area contributed by atoms with Gasteiger partial charge in [-0.3, -0.25) is 4.79 Å². The molecule has 0 bridgehead atoms. The van der Waals surface area contributed by atoms with Crippen LogP contribution in [0.1, 0.15) is 37.8 Å². The summed E-state index contributed by atoms with van der Waals surface area (Å²) in [4.78, 5) is 22.6. The van der Waals surface area contributed by atoms with Gasteiger partial charge in [-0.05, 0) is 18.9 Å². The van der Waals surface area contributed by atoms with E-state index in [4.69, 9.17) is 5.11 Å². The lowest BCUT2D eigenvalue weighted by Crippen LogP contribution is -2.31. The zero-order chi connectivity index (χ0) is 12.1. The second kappa shape index (κ2) is 5.44. The van der Waals surface area contributed by atoms with E-state index in [2.05, 4.69) is 5.10 Å². The summed E-state index contributed by atoms with van der Waals surface area (Å²) in [7, 11) is 0. The second-order valence-electron chi connectivity index (χ2n) is 3.81. The summed E-state index contributed by atoms with van der Waals surface area (Å²) in [6.45, 7) is 3.73. The average Bonchev–Trinajstić information content (AvgIpc) is 2.20. The highest BCUT2D eigenvalue weighted by Gasteiger charge is 2.20. The maximum absolute atomic E-state index is 11.6. The first-order valence-corrected chi connectivity index (χ1v) is 5.34. The fraction of sp³-hybridized carbons (Fsp3) is 0.545. The van der Waals surface area contributed by atoms with E-state index in [0.717, 1.165) is 23.1 Å². The van der Waals surface area contributed by atoms with Crippen molar-refractivity contribution in [1.29, 1.82) is 0 Å². The topological polar surface area (TPSA) is 72.2 Å². The van der Waals surface area contributed by atoms with Gasteiger partial charge in [-0.15, -0.1) is 0 Å². The lowest BCUT2D eigenvalue weighted by molar-refractivity contribution is -0.141. The summed E-state index contributed by atoms with van der Waals surface area (Å²) < 4.78 is 1.05. The van der Waals surface area contributed by atoms with Crippen molar-refractivity contribution in [2.75, 3.05) is 0 Å². The zero-order valence-electron chi connectivity index (χ0n) is 9.51. The minimum atomic E-state index is -1.01. The molecule has 0 saturated carbocycles. The first-order valence-electron chi connectivity index (χ1n) is 5.34. The van der Waals surface area contributed by atoms with E-state index in [9.17, 15) is 9.59 Å². The van der Waals surface area contributed by atoms with Crippen LogP contribution in [0.4, 0.5) is 0 Å². The maximum Gasteiger partial charge on any atom is 0.328 e. The Bertz CT molecular complexity index is 425. The third kappa shape index (κ3) is 2.92. The second-order valence-corrected chi connectivity index (χ2v) is 3.81. The molecule has 1 aromatic rings. The maximum atomic E-state index is 11.6. The standard InChI is InChI=1S/C11H16N2O3/c1-3-4-5-9(11(15)16)13-10(14)6-8(2)7-12-13/h6-7,9H,3-5H2,1-2H3,(H,15,16). The van der Waals surface area contributed by atoms with E-state index in [1.54, 1.807) is 6.92 Å². The number of carboxylic acid groups (broad SMARTS) is 1. The normalized spacial score (nSPS) is 12.4. The number of hydrogen-bond donors (Lipinski definition) is 1. The van der Waals surface area contributed by atoms with Gasteiger partial charge in [0.1, 0.15) is 0 Å². The van der Waals surface area contributed by atoms with Gasteiger partial charge in [0.25, 0.3) is 5.56 Å². The molecule has 16 heavy (non-hydrogen) atoms. The van der Waals surface area contributed by atoms with Gasteiger partial charge in [0.2, 0.25) is 0 Å². The van der Waals surface area contributed by atoms with Crippen LogP contribution in [-0.2, 0) is 4.79 Å². The van der Waals surface area contributed by atoms with Gasteiger partial charge in [0.05, 0.1) is 6.20 Å². The molecule has 1 atom stereocenters. The number of aryl methyl sites for hydroxylation is 1. The molecule has 0 saturated heterocycles. The van der Waals surface area contributed by atoms with Gasteiger partial charge in [-0.1, -0.05) is 19.8 Å². The van der Waals surface area contributed by atoms with Crippen molar-refractivity contribution < 1.29 is 9.90 Å². The van der Waals surface area contributed by atoms with Crippen molar-refractivity contribution in [3.8, 4) is 0 Å². The number of carbonyl (C=O) groups is 1.